The molecule has 0 radical (unpaired) electrons. The van der Waals surface area contributed by atoms with Crippen LogP contribution < -0.4 is 5.32 Å². The van der Waals surface area contributed by atoms with Gasteiger partial charge >= 0.3 is 0 Å². The Balaban J connectivity index is 2.11. The van der Waals surface area contributed by atoms with Gasteiger partial charge in [0.2, 0.25) is 0 Å². The fourth-order valence-corrected chi connectivity index (χ4v) is 2.60. The topological polar surface area (TPSA) is 32.3 Å². The van der Waals surface area contributed by atoms with Crippen molar-refractivity contribution in [1.82, 2.24) is 5.32 Å². The maximum Gasteiger partial charge on any atom is 0.0741 e. The zero-order valence-electron chi connectivity index (χ0n) is 6.86. The van der Waals surface area contributed by atoms with E-state index >= 15 is 0 Å². The second-order valence-corrected chi connectivity index (χ2v) is 4.16. The molecule has 2 unspecified atom stereocenters. The van der Waals surface area contributed by atoms with Crippen molar-refractivity contribution in [2.75, 3.05) is 13.1 Å². The Hall–Kier alpha value is -0.380. The number of hydrogen-bond acceptors (Lipinski definition) is 3. The van der Waals surface area contributed by atoms with Crippen LogP contribution in [0.4, 0.5) is 0 Å². The number of aliphatic hydroxyl groups excluding tert-OH is 1. The van der Waals surface area contributed by atoms with Crippen LogP contribution >= 0.6 is 11.3 Å². The van der Waals surface area contributed by atoms with E-state index in [4.69, 9.17) is 0 Å². The van der Waals surface area contributed by atoms with Gasteiger partial charge in [0.05, 0.1) is 6.10 Å². The molecule has 66 valence electrons. The van der Waals surface area contributed by atoms with Crippen LogP contribution in [0.5, 0.6) is 0 Å². The molecular formula is C9H13NOS. The first-order valence-electron chi connectivity index (χ1n) is 4.30. The molecule has 2 N–H and O–H groups in total. The van der Waals surface area contributed by atoms with E-state index in [1.807, 2.05) is 0 Å². The highest BCUT2D eigenvalue weighted by molar-refractivity contribution is 7.10. The molecule has 0 amide bonds. The molecule has 1 aromatic heterocycles. The predicted octanol–water partition coefficient (Wildman–Crippen LogP) is 1.19. The summed E-state index contributed by atoms with van der Waals surface area (Å²) >= 11 is 1.75. The van der Waals surface area contributed by atoms with Crippen molar-refractivity contribution in [3.05, 3.63) is 22.4 Å². The van der Waals surface area contributed by atoms with Gasteiger partial charge in [-0.1, -0.05) is 6.07 Å². The van der Waals surface area contributed by atoms with Gasteiger partial charge in [0.15, 0.2) is 0 Å². The van der Waals surface area contributed by atoms with Gasteiger partial charge in [0, 0.05) is 17.3 Å². The second-order valence-electron chi connectivity index (χ2n) is 3.18. The minimum atomic E-state index is -0.197. The van der Waals surface area contributed by atoms with Crippen LogP contribution in [0.2, 0.25) is 0 Å². The quantitative estimate of drug-likeness (QED) is 0.685. The van der Waals surface area contributed by atoms with E-state index in [1.165, 1.54) is 4.88 Å². The highest BCUT2D eigenvalue weighted by atomic mass is 32.1. The normalized spacial score (nSPS) is 30.4. The summed E-state index contributed by atoms with van der Waals surface area (Å²) in [5.74, 6) is 0.367. The lowest BCUT2D eigenvalue weighted by Crippen LogP contribution is -2.38. The molecule has 2 heterocycles. The molecule has 0 bridgehead atoms. The van der Waals surface area contributed by atoms with E-state index < -0.39 is 0 Å². The lowest BCUT2D eigenvalue weighted by Gasteiger charge is -2.27. The van der Waals surface area contributed by atoms with Gasteiger partial charge in [-0.2, -0.15) is 0 Å². The molecule has 1 aliphatic rings. The van der Waals surface area contributed by atoms with E-state index in [9.17, 15) is 5.11 Å². The lowest BCUT2D eigenvalue weighted by molar-refractivity contribution is 0.120. The number of hydrogen-bond donors (Lipinski definition) is 2. The molecule has 0 spiro atoms. The Labute approximate surface area is 76.2 Å². The van der Waals surface area contributed by atoms with Crippen molar-refractivity contribution in [2.24, 2.45) is 0 Å². The van der Waals surface area contributed by atoms with Crippen LogP contribution in [0.3, 0.4) is 0 Å². The Morgan fingerprint density at radius 3 is 3.17 bits per heavy atom. The van der Waals surface area contributed by atoms with E-state index in [0.29, 0.717) is 5.92 Å². The fraction of sp³-hybridized carbons (Fsp3) is 0.556. The second kappa shape index (κ2) is 3.56. The monoisotopic (exact) mass is 183 g/mol. The molecule has 2 rings (SSSR count). The van der Waals surface area contributed by atoms with E-state index in [2.05, 4.69) is 22.8 Å². The number of piperidine rings is 1. The standard InChI is InChI=1S/C9H13NOS/c11-8-6-10-4-3-7(8)9-2-1-5-12-9/h1-2,5,7-8,10-11H,3-4,6H2. The fourth-order valence-electron chi connectivity index (χ4n) is 1.68. The number of aliphatic hydroxyl groups is 1. The first-order valence-corrected chi connectivity index (χ1v) is 5.18. The van der Waals surface area contributed by atoms with Crippen LogP contribution in [0.1, 0.15) is 17.2 Å². The molecule has 0 saturated carbocycles. The summed E-state index contributed by atoms with van der Waals surface area (Å²) in [6.07, 6.45) is 0.860. The zero-order valence-corrected chi connectivity index (χ0v) is 7.68. The molecule has 3 heteroatoms. The van der Waals surface area contributed by atoms with Crippen molar-refractivity contribution in [1.29, 1.82) is 0 Å². The summed E-state index contributed by atoms with van der Waals surface area (Å²) in [7, 11) is 0. The molecule has 12 heavy (non-hydrogen) atoms. The van der Waals surface area contributed by atoms with Crippen LogP contribution in [0, 0.1) is 0 Å². The molecule has 1 aromatic rings. The number of thiophene rings is 1. The average Bonchev–Trinajstić information content (AvgIpc) is 2.57. The van der Waals surface area contributed by atoms with Gasteiger partial charge < -0.3 is 10.4 Å². The SMILES string of the molecule is OC1CNCCC1c1cccs1. The highest BCUT2D eigenvalue weighted by Gasteiger charge is 2.24. The van der Waals surface area contributed by atoms with Crippen LogP contribution in [0.15, 0.2) is 17.5 Å². The summed E-state index contributed by atoms with van der Waals surface area (Å²) in [6.45, 7) is 1.77. The van der Waals surface area contributed by atoms with Crippen LogP contribution in [-0.4, -0.2) is 24.3 Å². The minimum absolute atomic E-state index is 0.197. The van der Waals surface area contributed by atoms with Crippen molar-refractivity contribution in [2.45, 2.75) is 18.4 Å². The summed E-state index contributed by atoms with van der Waals surface area (Å²) in [5.41, 5.74) is 0. The van der Waals surface area contributed by atoms with Gasteiger partial charge in [0.25, 0.3) is 0 Å². The molecule has 0 aromatic carbocycles. The molecule has 1 saturated heterocycles. The van der Waals surface area contributed by atoms with E-state index in [-0.39, 0.29) is 6.10 Å². The Morgan fingerprint density at radius 2 is 2.50 bits per heavy atom. The van der Waals surface area contributed by atoms with Gasteiger partial charge in [0.1, 0.15) is 0 Å². The smallest absolute Gasteiger partial charge is 0.0741 e. The molecule has 2 nitrogen and oxygen atoms in total. The van der Waals surface area contributed by atoms with Gasteiger partial charge in [-0.05, 0) is 24.4 Å². The maximum atomic E-state index is 9.68. The van der Waals surface area contributed by atoms with E-state index in [1.54, 1.807) is 11.3 Å². The average molecular weight is 183 g/mol. The Kier molecular flexibility index (Phi) is 2.44. The predicted molar refractivity (Wildman–Crippen MR) is 50.6 cm³/mol. The molecule has 1 aliphatic heterocycles. The maximum absolute atomic E-state index is 9.68. The van der Waals surface area contributed by atoms with Crippen LogP contribution in [-0.2, 0) is 0 Å². The third-order valence-corrected chi connectivity index (χ3v) is 3.36. The number of rotatable bonds is 1. The van der Waals surface area contributed by atoms with Crippen molar-refractivity contribution < 1.29 is 5.11 Å². The lowest BCUT2D eigenvalue weighted by atomic mass is 9.94. The van der Waals surface area contributed by atoms with Crippen molar-refractivity contribution in [3.8, 4) is 0 Å². The Bertz CT molecular complexity index is 235. The minimum Gasteiger partial charge on any atom is -0.391 e. The first-order chi connectivity index (χ1) is 5.88. The summed E-state index contributed by atoms with van der Waals surface area (Å²) < 4.78 is 0. The summed E-state index contributed by atoms with van der Waals surface area (Å²) in [5, 5.41) is 14.9. The van der Waals surface area contributed by atoms with Gasteiger partial charge in [-0.3, -0.25) is 0 Å². The molecule has 0 aliphatic carbocycles. The van der Waals surface area contributed by atoms with Gasteiger partial charge in [-0.25, -0.2) is 0 Å². The molecule has 1 fully saturated rings. The molecule has 2 atom stereocenters. The third-order valence-electron chi connectivity index (χ3n) is 2.36. The van der Waals surface area contributed by atoms with E-state index in [0.717, 1.165) is 19.5 Å². The largest absolute Gasteiger partial charge is 0.391 e. The van der Waals surface area contributed by atoms with Crippen LogP contribution in [0.25, 0.3) is 0 Å². The summed E-state index contributed by atoms with van der Waals surface area (Å²) in [4.78, 5) is 1.32. The molecular weight excluding hydrogens is 170 g/mol. The first kappa shape index (κ1) is 8.23. The highest BCUT2D eigenvalue weighted by Crippen LogP contribution is 2.28. The summed E-state index contributed by atoms with van der Waals surface area (Å²) in [6, 6.07) is 4.17. The third kappa shape index (κ3) is 1.53. The van der Waals surface area contributed by atoms with Crippen molar-refractivity contribution >= 4 is 11.3 Å². The zero-order chi connectivity index (χ0) is 8.39. The Morgan fingerprint density at radius 1 is 1.58 bits per heavy atom. The van der Waals surface area contributed by atoms with Crippen molar-refractivity contribution in [3.63, 3.8) is 0 Å². The van der Waals surface area contributed by atoms with Gasteiger partial charge in [-0.15, -0.1) is 11.3 Å². The number of β-amino-alcohol motifs (C(OH)–C–C–N with tert-alkyl or cyclic N) is 1. The number of nitrogens with one attached hydrogen (secondary N) is 1.